The first-order valence-electron chi connectivity index (χ1n) is 6.10. The molecular formula is C14H19NO3. The van der Waals surface area contributed by atoms with Gasteiger partial charge in [0.1, 0.15) is 0 Å². The summed E-state index contributed by atoms with van der Waals surface area (Å²) in [6, 6.07) is 7.86. The number of carbonyl (C=O) groups is 2. The van der Waals surface area contributed by atoms with E-state index in [1.54, 1.807) is 6.92 Å². The summed E-state index contributed by atoms with van der Waals surface area (Å²) in [5.74, 6) is -1.61. The van der Waals surface area contributed by atoms with Crippen molar-refractivity contribution in [1.29, 1.82) is 0 Å². The molecule has 1 aromatic rings. The Morgan fingerprint density at radius 3 is 2.28 bits per heavy atom. The van der Waals surface area contributed by atoms with E-state index >= 15 is 0 Å². The van der Waals surface area contributed by atoms with Gasteiger partial charge in [0.05, 0.1) is 12.3 Å². The lowest BCUT2D eigenvalue weighted by Crippen LogP contribution is -2.32. The monoisotopic (exact) mass is 249 g/mol. The van der Waals surface area contributed by atoms with Crippen LogP contribution in [0, 0.1) is 5.92 Å². The highest BCUT2D eigenvalue weighted by Gasteiger charge is 2.12. The summed E-state index contributed by atoms with van der Waals surface area (Å²) in [4.78, 5) is 22.2. The number of hydrogen-bond acceptors (Lipinski definition) is 2. The van der Waals surface area contributed by atoms with E-state index in [0.717, 1.165) is 12.0 Å². The first kappa shape index (κ1) is 14.2. The highest BCUT2D eigenvalue weighted by molar-refractivity contribution is 5.79. The number of rotatable bonds is 6. The Balaban J connectivity index is 2.42. The summed E-state index contributed by atoms with van der Waals surface area (Å²) >= 11 is 0. The number of hydrogen-bond donors (Lipinski definition) is 2. The lowest BCUT2D eigenvalue weighted by Gasteiger charge is -2.08. The third-order valence-electron chi connectivity index (χ3n) is 2.82. The molecule has 0 saturated carbocycles. The van der Waals surface area contributed by atoms with Crippen molar-refractivity contribution in [2.45, 2.75) is 26.7 Å². The Labute approximate surface area is 107 Å². The quantitative estimate of drug-likeness (QED) is 0.805. The molecule has 0 aliphatic heterocycles. The van der Waals surface area contributed by atoms with E-state index in [2.05, 4.69) is 12.2 Å². The number of nitrogens with one attached hydrogen (secondary N) is 1. The second kappa shape index (κ2) is 6.79. The SMILES string of the molecule is CCc1ccc(CC(=O)NCC(C)C(=O)O)cc1. The molecule has 0 spiro atoms. The Bertz CT molecular complexity index is 412. The van der Waals surface area contributed by atoms with Crippen LogP contribution in [0.25, 0.3) is 0 Å². The smallest absolute Gasteiger partial charge is 0.308 e. The molecule has 1 rings (SSSR count). The van der Waals surface area contributed by atoms with Crippen molar-refractivity contribution in [1.82, 2.24) is 5.32 Å². The zero-order chi connectivity index (χ0) is 13.5. The molecule has 4 heteroatoms. The first-order valence-corrected chi connectivity index (χ1v) is 6.10. The summed E-state index contributed by atoms with van der Waals surface area (Å²) in [6.07, 6.45) is 1.26. The normalized spacial score (nSPS) is 11.9. The van der Waals surface area contributed by atoms with Crippen LogP contribution in [-0.2, 0) is 22.4 Å². The van der Waals surface area contributed by atoms with Crippen molar-refractivity contribution in [3.05, 3.63) is 35.4 Å². The van der Waals surface area contributed by atoms with Crippen LogP contribution in [0.4, 0.5) is 0 Å². The highest BCUT2D eigenvalue weighted by atomic mass is 16.4. The molecule has 1 unspecified atom stereocenters. The predicted octanol–water partition coefficient (Wildman–Crippen LogP) is 1.63. The van der Waals surface area contributed by atoms with Gasteiger partial charge in [0, 0.05) is 6.54 Å². The van der Waals surface area contributed by atoms with Crippen LogP contribution < -0.4 is 5.32 Å². The van der Waals surface area contributed by atoms with Gasteiger partial charge in [-0.15, -0.1) is 0 Å². The van der Waals surface area contributed by atoms with Gasteiger partial charge in [-0.25, -0.2) is 0 Å². The zero-order valence-electron chi connectivity index (χ0n) is 10.8. The summed E-state index contributed by atoms with van der Waals surface area (Å²) < 4.78 is 0. The van der Waals surface area contributed by atoms with Gasteiger partial charge in [0.2, 0.25) is 5.91 Å². The minimum atomic E-state index is -0.900. The Morgan fingerprint density at radius 2 is 1.78 bits per heavy atom. The molecular weight excluding hydrogens is 230 g/mol. The summed E-state index contributed by atoms with van der Waals surface area (Å²) in [7, 11) is 0. The number of aryl methyl sites for hydroxylation is 1. The molecule has 4 nitrogen and oxygen atoms in total. The molecule has 0 aliphatic rings. The van der Waals surface area contributed by atoms with Crippen molar-refractivity contribution in [3.63, 3.8) is 0 Å². The van der Waals surface area contributed by atoms with E-state index in [0.29, 0.717) is 0 Å². The molecule has 0 heterocycles. The van der Waals surface area contributed by atoms with E-state index in [-0.39, 0.29) is 18.9 Å². The standard InChI is InChI=1S/C14H19NO3/c1-3-11-4-6-12(7-5-11)8-13(16)15-9-10(2)14(17)18/h4-7,10H,3,8-9H2,1-2H3,(H,15,16)(H,17,18). The van der Waals surface area contributed by atoms with Crippen molar-refractivity contribution in [2.24, 2.45) is 5.92 Å². The fraction of sp³-hybridized carbons (Fsp3) is 0.429. The van der Waals surface area contributed by atoms with Gasteiger partial charge in [-0.3, -0.25) is 9.59 Å². The number of aliphatic carboxylic acids is 1. The van der Waals surface area contributed by atoms with E-state index in [9.17, 15) is 9.59 Å². The number of carboxylic acids is 1. The van der Waals surface area contributed by atoms with Crippen LogP contribution in [0.3, 0.4) is 0 Å². The summed E-state index contributed by atoms with van der Waals surface area (Å²) in [5, 5.41) is 11.3. The van der Waals surface area contributed by atoms with Crippen LogP contribution >= 0.6 is 0 Å². The molecule has 18 heavy (non-hydrogen) atoms. The van der Waals surface area contributed by atoms with Crippen molar-refractivity contribution < 1.29 is 14.7 Å². The molecule has 1 aromatic carbocycles. The van der Waals surface area contributed by atoms with Crippen LogP contribution in [0.1, 0.15) is 25.0 Å². The van der Waals surface area contributed by atoms with Crippen LogP contribution in [0.5, 0.6) is 0 Å². The van der Waals surface area contributed by atoms with Gasteiger partial charge in [-0.05, 0) is 17.5 Å². The molecule has 0 radical (unpaired) electrons. The first-order chi connectivity index (χ1) is 8.52. The largest absolute Gasteiger partial charge is 0.481 e. The Morgan fingerprint density at radius 1 is 1.22 bits per heavy atom. The molecule has 0 aliphatic carbocycles. The lowest BCUT2D eigenvalue weighted by atomic mass is 10.1. The number of benzene rings is 1. The Hall–Kier alpha value is -1.84. The number of amides is 1. The van der Waals surface area contributed by atoms with Crippen molar-refractivity contribution in [3.8, 4) is 0 Å². The van der Waals surface area contributed by atoms with Crippen molar-refractivity contribution >= 4 is 11.9 Å². The molecule has 0 fully saturated rings. The molecule has 1 atom stereocenters. The maximum Gasteiger partial charge on any atom is 0.308 e. The average Bonchev–Trinajstić information content (AvgIpc) is 2.36. The maximum atomic E-state index is 11.6. The third-order valence-corrected chi connectivity index (χ3v) is 2.82. The predicted molar refractivity (Wildman–Crippen MR) is 69.3 cm³/mol. The van der Waals surface area contributed by atoms with Gasteiger partial charge >= 0.3 is 5.97 Å². The maximum absolute atomic E-state index is 11.6. The third kappa shape index (κ3) is 4.57. The average molecular weight is 249 g/mol. The second-order valence-electron chi connectivity index (χ2n) is 4.39. The summed E-state index contributed by atoms with van der Waals surface area (Å²) in [6.45, 7) is 3.81. The molecule has 0 saturated heterocycles. The molecule has 1 amide bonds. The van der Waals surface area contributed by atoms with Gasteiger partial charge in [-0.2, -0.15) is 0 Å². The van der Waals surface area contributed by atoms with Gasteiger partial charge < -0.3 is 10.4 Å². The number of carbonyl (C=O) groups excluding carboxylic acids is 1. The number of carboxylic acid groups (broad SMARTS) is 1. The minimum absolute atomic E-state index is 0.146. The van der Waals surface area contributed by atoms with Crippen LogP contribution in [-0.4, -0.2) is 23.5 Å². The fourth-order valence-corrected chi connectivity index (χ4v) is 1.49. The van der Waals surface area contributed by atoms with Gasteiger partial charge in [0.15, 0.2) is 0 Å². The van der Waals surface area contributed by atoms with Gasteiger partial charge in [-0.1, -0.05) is 38.1 Å². The molecule has 0 bridgehead atoms. The Kier molecular flexibility index (Phi) is 5.36. The van der Waals surface area contributed by atoms with Gasteiger partial charge in [0.25, 0.3) is 0 Å². The fourth-order valence-electron chi connectivity index (χ4n) is 1.49. The van der Waals surface area contributed by atoms with E-state index in [4.69, 9.17) is 5.11 Å². The van der Waals surface area contributed by atoms with E-state index in [1.165, 1.54) is 5.56 Å². The van der Waals surface area contributed by atoms with E-state index in [1.807, 2.05) is 24.3 Å². The van der Waals surface area contributed by atoms with E-state index < -0.39 is 11.9 Å². The highest BCUT2D eigenvalue weighted by Crippen LogP contribution is 2.05. The minimum Gasteiger partial charge on any atom is -0.481 e. The molecule has 0 aromatic heterocycles. The van der Waals surface area contributed by atoms with Crippen molar-refractivity contribution in [2.75, 3.05) is 6.54 Å². The summed E-state index contributed by atoms with van der Waals surface area (Å²) in [5.41, 5.74) is 2.17. The molecule has 2 N–H and O–H groups in total. The van der Waals surface area contributed by atoms with Crippen LogP contribution in [0.15, 0.2) is 24.3 Å². The lowest BCUT2D eigenvalue weighted by molar-refractivity contribution is -0.141. The second-order valence-corrected chi connectivity index (χ2v) is 4.39. The zero-order valence-corrected chi connectivity index (χ0v) is 10.8. The topological polar surface area (TPSA) is 66.4 Å². The van der Waals surface area contributed by atoms with Crippen LogP contribution in [0.2, 0.25) is 0 Å². The molecule has 98 valence electrons.